The van der Waals surface area contributed by atoms with Crippen molar-refractivity contribution in [3.05, 3.63) is 11.6 Å². The first-order chi connectivity index (χ1) is 3.93. The summed E-state index contributed by atoms with van der Waals surface area (Å²) in [5.41, 5.74) is 1.73. The van der Waals surface area contributed by atoms with Crippen LogP contribution in [-0.2, 0) is 4.79 Å². The minimum atomic E-state index is -0.535. The third kappa shape index (κ3) is 1.10. The maximum absolute atomic E-state index is 9.77. The van der Waals surface area contributed by atoms with Gasteiger partial charge < -0.3 is 4.72 Å². The normalized spacial score (nSPS) is 28.2. The molecular formula is C4H6N2OS. The Labute approximate surface area is 50.0 Å². The molecule has 1 rings (SSSR count). The summed E-state index contributed by atoms with van der Waals surface area (Å²) in [5.74, 6) is 0. The fraction of sp³-hybridized carbons (Fsp3) is 0. The Morgan fingerprint density at radius 1 is 1.75 bits per heavy atom. The van der Waals surface area contributed by atoms with Gasteiger partial charge in [-0.05, 0) is 5.41 Å². The molecule has 1 amide bonds. The first-order valence-electron chi connectivity index (χ1n) is 2.11. The average Bonchev–Trinajstić information content (AvgIpc) is 2.19. The maximum Gasteiger partial charge on any atom is 0.216 e. The first kappa shape index (κ1) is 5.37. The van der Waals surface area contributed by atoms with Crippen molar-refractivity contribution in [3.63, 3.8) is 0 Å². The van der Waals surface area contributed by atoms with E-state index in [1.165, 1.54) is 0 Å². The van der Waals surface area contributed by atoms with Crippen LogP contribution in [0.1, 0.15) is 0 Å². The van der Waals surface area contributed by atoms with Gasteiger partial charge in [0.25, 0.3) is 0 Å². The Hall–Kier alpha value is -0.770. The van der Waals surface area contributed by atoms with Crippen LogP contribution in [0.4, 0.5) is 0 Å². The Bertz CT molecular complexity index is 131. The monoisotopic (exact) mass is 130 g/mol. The highest BCUT2D eigenvalue weighted by molar-refractivity contribution is 8.29. The van der Waals surface area contributed by atoms with E-state index in [2.05, 4.69) is 9.71 Å². The number of hydrogen-bond acceptors (Lipinski definition) is 2. The summed E-state index contributed by atoms with van der Waals surface area (Å²) in [6, 6.07) is 0. The highest BCUT2D eigenvalue weighted by atomic mass is 32.2. The molecule has 0 aromatic heterocycles. The third-order valence-electron chi connectivity index (χ3n) is 0.706. The predicted octanol–water partition coefficient (Wildman–Crippen LogP) is 0.162. The summed E-state index contributed by atoms with van der Waals surface area (Å²) in [4.78, 5) is 13.6. The Balaban J connectivity index is 2.37. The molecule has 1 atom stereocenters. The Morgan fingerprint density at radius 3 is 3.12 bits per heavy atom. The molecular weight excluding hydrogens is 124 g/mol. The zero-order valence-electron chi connectivity index (χ0n) is 4.11. The molecule has 1 unspecified atom stereocenters. The Kier molecular flexibility index (Phi) is 1.69. The second-order valence-corrected chi connectivity index (χ2v) is 2.82. The average molecular weight is 130 g/mol. The topological polar surface area (TPSA) is 41.5 Å². The van der Waals surface area contributed by atoms with Crippen molar-refractivity contribution in [2.24, 2.45) is 4.99 Å². The second-order valence-electron chi connectivity index (χ2n) is 1.22. The highest BCUT2D eigenvalue weighted by Gasteiger charge is 1.93. The number of carbonyl (C=O) groups is 1. The van der Waals surface area contributed by atoms with Crippen LogP contribution in [0.2, 0.25) is 0 Å². The van der Waals surface area contributed by atoms with Crippen molar-refractivity contribution >= 4 is 23.0 Å². The number of aliphatic imine (C=N–C) groups is 1. The van der Waals surface area contributed by atoms with Gasteiger partial charge in [0, 0.05) is 6.20 Å². The van der Waals surface area contributed by atoms with Crippen molar-refractivity contribution < 1.29 is 4.79 Å². The summed E-state index contributed by atoms with van der Waals surface area (Å²) in [5, 5.41) is 1.86. The lowest BCUT2D eigenvalue weighted by molar-refractivity contribution is -0.107. The largest absolute Gasteiger partial charge is 0.315 e. The van der Waals surface area contributed by atoms with Gasteiger partial charge in [0.15, 0.2) is 0 Å². The van der Waals surface area contributed by atoms with Crippen LogP contribution in [0.3, 0.4) is 0 Å². The summed E-state index contributed by atoms with van der Waals surface area (Å²) < 4.78 is 2.59. The molecule has 0 radical (unpaired) electrons. The van der Waals surface area contributed by atoms with Crippen LogP contribution in [0, 0.1) is 0 Å². The molecule has 0 fully saturated rings. The van der Waals surface area contributed by atoms with Gasteiger partial charge in [-0.2, -0.15) is 0 Å². The van der Waals surface area contributed by atoms with E-state index in [4.69, 9.17) is 0 Å². The number of hydrogen-bond donors (Lipinski definition) is 2. The van der Waals surface area contributed by atoms with E-state index in [0.29, 0.717) is 6.41 Å². The quantitative estimate of drug-likeness (QED) is 0.406. The number of rotatable bonds is 2. The lowest BCUT2D eigenvalue weighted by atomic mass is 11.1. The molecule has 1 aliphatic heterocycles. The number of nitrogens with zero attached hydrogens (tertiary/aromatic N) is 1. The molecule has 8 heavy (non-hydrogen) atoms. The third-order valence-corrected chi connectivity index (χ3v) is 1.95. The zero-order valence-corrected chi connectivity index (χ0v) is 5.01. The lowest BCUT2D eigenvalue weighted by Crippen LogP contribution is -2.03. The van der Waals surface area contributed by atoms with Gasteiger partial charge in [0.1, 0.15) is 0 Å². The minimum Gasteiger partial charge on any atom is -0.315 e. The van der Waals surface area contributed by atoms with E-state index in [1.807, 2.05) is 5.41 Å². The standard InChI is InChI=1S/C4H6N2OS/c7-3-6-8-2-1-5-4-8/h1-4,8H,(H,6,7). The molecule has 0 saturated heterocycles. The van der Waals surface area contributed by atoms with Crippen LogP contribution in [0.15, 0.2) is 16.6 Å². The van der Waals surface area contributed by atoms with Crippen molar-refractivity contribution in [2.75, 3.05) is 0 Å². The summed E-state index contributed by atoms with van der Waals surface area (Å²) in [6.07, 6.45) is 2.37. The fourth-order valence-electron chi connectivity index (χ4n) is 0.396. The van der Waals surface area contributed by atoms with Crippen LogP contribution >= 0.6 is 11.1 Å². The van der Waals surface area contributed by atoms with Gasteiger partial charge >= 0.3 is 0 Å². The molecule has 0 spiro atoms. The van der Waals surface area contributed by atoms with Crippen LogP contribution < -0.4 is 4.72 Å². The summed E-state index contributed by atoms with van der Waals surface area (Å²) in [7, 11) is 0. The second kappa shape index (κ2) is 2.52. The zero-order chi connectivity index (χ0) is 5.82. The fourth-order valence-corrected chi connectivity index (χ4v) is 1.19. The van der Waals surface area contributed by atoms with Crippen molar-refractivity contribution in [1.29, 1.82) is 0 Å². The van der Waals surface area contributed by atoms with Crippen molar-refractivity contribution in [1.82, 2.24) is 4.72 Å². The summed E-state index contributed by atoms with van der Waals surface area (Å²) >= 11 is -0.535. The van der Waals surface area contributed by atoms with Crippen molar-refractivity contribution in [3.8, 4) is 0 Å². The molecule has 0 aliphatic carbocycles. The lowest BCUT2D eigenvalue weighted by Gasteiger charge is -2.02. The van der Waals surface area contributed by atoms with Gasteiger partial charge in [0.2, 0.25) is 6.41 Å². The van der Waals surface area contributed by atoms with Crippen LogP contribution in [0.25, 0.3) is 0 Å². The molecule has 1 aliphatic rings. The molecule has 1 N–H and O–H groups in total. The first-order valence-corrected chi connectivity index (χ1v) is 3.59. The van der Waals surface area contributed by atoms with Gasteiger partial charge in [-0.15, -0.1) is 11.1 Å². The number of amides is 1. The maximum atomic E-state index is 9.77. The molecule has 0 aromatic rings. The van der Waals surface area contributed by atoms with Crippen molar-refractivity contribution in [2.45, 2.75) is 0 Å². The number of thiol groups is 1. The minimum absolute atomic E-state index is 0.535. The molecule has 0 aromatic carbocycles. The smallest absolute Gasteiger partial charge is 0.216 e. The SMILES string of the molecule is O=CN[SH]1C=CN=C1. The van der Waals surface area contributed by atoms with Gasteiger partial charge in [-0.3, -0.25) is 9.79 Å². The molecule has 44 valence electrons. The van der Waals surface area contributed by atoms with E-state index in [-0.39, 0.29) is 0 Å². The molecule has 0 saturated carbocycles. The highest BCUT2D eigenvalue weighted by Crippen LogP contribution is 2.20. The van der Waals surface area contributed by atoms with E-state index in [9.17, 15) is 4.79 Å². The molecule has 1 heterocycles. The molecule has 3 nitrogen and oxygen atoms in total. The molecule has 4 heteroatoms. The van der Waals surface area contributed by atoms with Gasteiger partial charge in [0.05, 0.1) is 5.55 Å². The molecule has 0 bridgehead atoms. The summed E-state index contributed by atoms with van der Waals surface area (Å²) in [6.45, 7) is 0. The van der Waals surface area contributed by atoms with E-state index in [1.54, 1.807) is 11.7 Å². The van der Waals surface area contributed by atoms with Crippen LogP contribution in [-0.4, -0.2) is 12.0 Å². The number of carbonyl (C=O) groups excluding carboxylic acids is 1. The van der Waals surface area contributed by atoms with E-state index < -0.39 is 11.1 Å². The predicted molar refractivity (Wildman–Crippen MR) is 35.8 cm³/mol. The Morgan fingerprint density at radius 2 is 2.62 bits per heavy atom. The van der Waals surface area contributed by atoms with E-state index in [0.717, 1.165) is 0 Å². The van der Waals surface area contributed by atoms with Crippen LogP contribution in [0.5, 0.6) is 0 Å². The van der Waals surface area contributed by atoms with E-state index >= 15 is 0 Å². The van der Waals surface area contributed by atoms with Gasteiger partial charge in [-0.1, -0.05) is 0 Å². The van der Waals surface area contributed by atoms with Gasteiger partial charge in [-0.25, -0.2) is 0 Å². The number of nitrogens with one attached hydrogen (secondary N) is 1.